The summed E-state index contributed by atoms with van der Waals surface area (Å²) in [4.78, 5) is 28.7. The third-order valence-electron chi connectivity index (χ3n) is 4.73. The van der Waals surface area contributed by atoms with Crippen LogP contribution in [0.15, 0.2) is 82.7 Å². The van der Waals surface area contributed by atoms with Crippen molar-refractivity contribution in [2.24, 2.45) is 0 Å². The minimum atomic E-state index is -0.377. The van der Waals surface area contributed by atoms with E-state index in [1.54, 1.807) is 23.6 Å². The van der Waals surface area contributed by atoms with E-state index >= 15 is 0 Å². The van der Waals surface area contributed by atoms with Gasteiger partial charge in [-0.3, -0.25) is 19.5 Å². The van der Waals surface area contributed by atoms with Gasteiger partial charge in [0.25, 0.3) is 11.2 Å². The van der Waals surface area contributed by atoms with Gasteiger partial charge in [-0.15, -0.1) is 0 Å². The van der Waals surface area contributed by atoms with Gasteiger partial charge in [-0.25, -0.2) is 4.98 Å². The lowest BCUT2D eigenvalue weighted by Gasteiger charge is -2.13. The van der Waals surface area contributed by atoms with Crippen molar-refractivity contribution in [3.8, 4) is 5.69 Å². The fourth-order valence-corrected chi connectivity index (χ4v) is 4.26. The number of aromatic nitrogens is 2. The van der Waals surface area contributed by atoms with Gasteiger partial charge >= 0.3 is 0 Å². The van der Waals surface area contributed by atoms with Crippen molar-refractivity contribution < 1.29 is 4.92 Å². The minimum absolute atomic E-state index is 0.0926. The molecule has 0 aliphatic rings. The second-order valence-corrected chi connectivity index (χ2v) is 7.44. The Hall–Kier alpha value is -3.45. The van der Waals surface area contributed by atoms with Crippen molar-refractivity contribution in [3.05, 3.63) is 104 Å². The van der Waals surface area contributed by atoms with Crippen LogP contribution in [0.25, 0.3) is 16.6 Å². The first kappa shape index (κ1) is 18.9. The Morgan fingerprint density at radius 3 is 2.48 bits per heavy atom. The number of nitro benzene ring substituents is 1. The maximum Gasteiger partial charge on any atom is 0.272 e. The molecule has 0 saturated heterocycles. The molecule has 1 heterocycles. The van der Waals surface area contributed by atoms with Crippen LogP contribution in [0.3, 0.4) is 0 Å². The van der Waals surface area contributed by atoms with Crippen LogP contribution >= 0.6 is 11.8 Å². The summed E-state index contributed by atoms with van der Waals surface area (Å²) >= 11 is 1.39. The summed E-state index contributed by atoms with van der Waals surface area (Å²) in [5.41, 5.74) is 2.78. The first-order chi connectivity index (χ1) is 14.1. The summed E-state index contributed by atoms with van der Waals surface area (Å²) in [6, 6.07) is 21.6. The van der Waals surface area contributed by atoms with Gasteiger partial charge in [0.1, 0.15) is 0 Å². The van der Waals surface area contributed by atoms with E-state index in [4.69, 9.17) is 4.98 Å². The van der Waals surface area contributed by atoms with E-state index < -0.39 is 0 Å². The molecule has 4 rings (SSSR count). The molecule has 144 valence electrons. The van der Waals surface area contributed by atoms with Crippen LogP contribution in [0.5, 0.6) is 0 Å². The lowest BCUT2D eigenvalue weighted by molar-refractivity contribution is -0.385. The number of thioether (sulfide) groups is 1. The Balaban J connectivity index is 1.81. The Bertz CT molecular complexity index is 1270. The van der Waals surface area contributed by atoms with Gasteiger partial charge in [-0.1, -0.05) is 54.2 Å². The molecule has 0 atom stereocenters. The van der Waals surface area contributed by atoms with Crippen LogP contribution in [-0.2, 0) is 5.75 Å². The molecular formula is C22H17N3O3S. The van der Waals surface area contributed by atoms with E-state index in [1.165, 1.54) is 17.8 Å². The van der Waals surface area contributed by atoms with E-state index in [0.717, 1.165) is 11.3 Å². The highest BCUT2D eigenvalue weighted by Gasteiger charge is 2.16. The molecule has 0 spiro atoms. The third-order valence-corrected chi connectivity index (χ3v) is 5.72. The van der Waals surface area contributed by atoms with Crippen LogP contribution in [0.4, 0.5) is 5.69 Å². The average Bonchev–Trinajstić information content (AvgIpc) is 2.73. The van der Waals surface area contributed by atoms with Crippen molar-refractivity contribution in [2.45, 2.75) is 17.8 Å². The monoisotopic (exact) mass is 403 g/mol. The number of nitrogens with zero attached hydrogens (tertiary/aromatic N) is 3. The van der Waals surface area contributed by atoms with Crippen molar-refractivity contribution in [3.63, 3.8) is 0 Å². The SMILES string of the molecule is Cc1c(CSc2nc3ccccc3c(=O)n2-c2ccccc2)cccc1[N+](=O)[O-]. The quantitative estimate of drug-likeness (QED) is 0.205. The second kappa shape index (κ2) is 7.89. The van der Waals surface area contributed by atoms with Gasteiger partial charge in [0, 0.05) is 17.4 Å². The van der Waals surface area contributed by atoms with E-state index in [1.807, 2.05) is 54.6 Å². The molecule has 0 radical (unpaired) electrons. The maximum atomic E-state index is 13.2. The standard InChI is InChI=1S/C22H17N3O3S/c1-15-16(8-7-13-20(15)25(27)28)14-29-22-23-19-12-6-5-11-18(19)21(26)24(22)17-9-3-2-4-10-17/h2-13H,14H2,1H3. The van der Waals surface area contributed by atoms with Crippen molar-refractivity contribution in [2.75, 3.05) is 0 Å². The molecule has 0 saturated carbocycles. The number of nitro groups is 1. The van der Waals surface area contributed by atoms with E-state index in [2.05, 4.69) is 0 Å². The van der Waals surface area contributed by atoms with Gasteiger partial charge in [0.05, 0.1) is 21.5 Å². The fourth-order valence-electron chi connectivity index (χ4n) is 3.18. The molecule has 3 aromatic carbocycles. The van der Waals surface area contributed by atoms with Crippen molar-refractivity contribution >= 4 is 28.4 Å². The Morgan fingerprint density at radius 2 is 1.72 bits per heavy atom. The summed E-state index contributed by atoms with van der Waals surface area (Å²) in [6.45, 7) is 1.74. The van der Waals surface area contributed by atoms with Gasteiger partial charge in [0.15, 0.2) is 5.16 Å². The molecule has 0 unspecified atom stereocenters. The summed E-state index contributed by atoms with van der Waals surface area (Å²) in [7, 11) is 0. The van der Waals surface area contributed by atoms with Gasteiger partial charge in [-0.2, -0.15) is 0 Å². The zero-order chi connectivity index (χ0) is 20.4. The molecular weight excluding hydrogens is 386 g/mol. The molecule has 6 nitrogen and oxygen atoms in total. The Morgan fingerprint density at radius 1 is 1.00 bits per heavy atom. The number of rotatable bonds is 5. The maximum absolute atomic E-state index is 13.2. The summed E-state index contributed by atoms with van der Waals surface area (Å²) < 4.78 is 1.60. The lowest BCUT2D eigenvalue weighted by Crippen LogP contribution is -2.21. The minimum Gasteiger partial charge on any atom is -0.268 e. The lowest BCUT2D eigenvalue weighted by atomic mass is 10.1. The number of fused-ring (bicyclic) bond motifs is 1. The van der Waals surface area contributed by atoms with Gasteiger partial charge < -0.3 is 0 Å². The molecule has 29 heavy (non-hydrogen) atoms. The molecule has 0 aliphatic heterocycles. The molecule has 1 aromatic heterocycles. The highest BCUT2D eigenvalue weighted by molar-refractivity contribution is 7.98. The topological polar surface area (TPSA) is 78.0 Å². The molecule has 0 N–H and O–H groups in total. The summed E-state index contributed by atoms with van der Waals surface area (Å²) in [5, 5.41) is 12.3. The molecule has 7 heteroatoms. The van der Waals surface area contributed by atoms with Crippen molar-refractivity contribution in [1.82, 2.24) is 9.55 Å². The number of benzene rings is 3. The Kier molecular flexibility index (Phi) is 5.14. The normalized spacial score (nSPS) is 10.9. The number of hydrogen-bond donors (Lipinski definition) is 0. The zero-order valence-electron chi connectivity index (χ0n) is 15.6. The van der Waals surface area contributed by atoms with Crippen LogP contribution in [-0.4, -0.2) is 14.5 Å². The predicted octanol–water partition coefficient (Wildman–Crippen LogP) is 4.89. The molecule has 0 amide bonds. The smallest absolute Gasteiger partial charge is 0.268 e. The zero-order valence-corrected chi connectivity index (χ0v) is 16.4. The van der Waals surface area contributed by atoms with Crippen LogP contribution < -0.4 is 5.56 Å². The molecule has 0 fully saturated rings. The van der Waals surface area contributed by atoms with Gasteiger partial charge in [0.2, 0.25) is 0 Å². The highest BCUT2D eigenvalue weighted by Crippen LogP contribution is 2.29. The van der Waals surface area contributed by atoms with Crippen LogP contribution in [0, 0.1) is 17.0 Å². The number of para-hydroxylation sites is 2. The summed E-state index contributed by atoms with van der Waals surface area (Å²) in [5.74, 6) is 0.463. The van der Waals surface area contributed by atoms with Crippen LogP contribution in [0.1, 0.15) is 11.1 Å². The first-order valence-electron chi connectivity index (χ1n) is 8.99. The third kappa shape index (κ3) is 3.64. The average molecular weight is 403 g/mol. The Labute approximate surface area is 171 Å². The molecule has 0 bridgehead atoms. The predicted molar refractivity (Wildman–Crippen MR) is 115 cm³/mol. The van der Waals surface area contributed by atoms with E-state index in [0.29, 0.717) is 27.4 Å². The molecule has 0 aliphatic carbocycles. The fraction of sp³-hybridized carbons (Fsp3) is 0.0909. The van der Waals surface area contributed by atoms with E-state index in [-0.39, 0.29) is 16.2 Å². The largest absolute Gasteiger partial charge is 0.272 e. The van der Waals surface area contributed by atoms with Crippen LogP contribution in [0.2, 0.25) is 0 Å². The molecule has 4 aromatic rings. The second-order valence-electron chi connectivity index (χ2n) is 6.49. The van der Waals surface area contributed by atoms with E-state index in [9.17, 15) is 14.9 Å². The van der Waals surface area contributed by atoms with Crippen molar-refractivity contribution in [1.29, 1.82) is 0 Å². The number of hydrogen-bond acceptors (Lipinski definition) is 5. The first-order valence-corrected chi connectivity index (χ1v) is 9.97. The van der Waals surface area contributed by atoms with Gasteiger partial charge in [-0.05, 0) is 36.8 Å². The summed E-state index contributed by atoms with van der Waals surface area (Å²) in [6.07, 6.45) is 0. The highest BCUT2D eigenvalue weighted by atomic mass is 32.2.